The smallest absolute Gasteiger partial charge is 0.237 e. The number of hydrogen-bond acceptors (Lipinski definition) is 4. The van der Waals surface area contributed by atoms with Crippen LogP contribution in [0.2, 0.25) is 0 Å². The number of hydrogen-bond donors (Lipinski definition) is 1. The Morgan fingerprint density at radius 2 is 1.96 bits per heavy atom. The largest absolute Gasteiger partial charge is 0.354 e. The van der Waals surface area contributed by atoms with Crippen molar-refractivity contribution < 1.29 is 4.79 Å². The highest BCUT2D eigenvalue weighted by atomic mass is 16.2. The molecule has 0 aromatic carbocycles. The van der Waals surface area contributed by atoms with Gasteiger partial charge in [0.1, 0.15) is 5.82 Å². The van der Waals surface area contributed by atoms with Crippen LogP contribution >= 0.6 is 0 Å². The molecule has 2 aliphatic rings. The fraction of sp³-hybridized carbons (Fsp3) is 0.684. The highest BCUT2D eigenvalue weighted by molar-refractivity contribution is 5.81. The van der Waals surface area contributed by atoms with Gasteiger partial charge in [-0.25, -0.2) is 4.98 Å². The SMILES string of the molecule is CC(C(=O)NCC1CCCCC1)N1CCN(c2ccccn2)CC1. The third kappa shape index (κ3) is 4.47. The molecular formula is C19H30N4O. The summed E-state index contributed by atoms with van der Waals surface area (Å²) >= 11 is 0. The molecule has 1 aliphatic heterocycles. The van der Waals surface area contributed by atoms with Crippen LogP contribution in [0.3, 0.4) is 0 Å². The molecule has 5 nitrogen and oxygen atoms in total. The summed E-state index contributed by atoms with van der Waals surface area (Å²) < 4.78 is 0. The summed E-state index contributed by atoms with van der Waals surface area (Å²) in [5.41, 5.74) is 0. The van der Waals surface area contributed by atoms with Crippen molar-refractivity contribution in [3.8, 4) is 0 Å². The maximum atomic E-state index is 12.5. The van der Waals surface area contributed by atoms with Crippen molar-refractivity contribution in [3.05, 3.63) is 24.4 Å². The molecule has 1 amide bonds. The van der Waals surface area contributed by atoms with Gasteiger partial charge in [-0.3, -0.25) is 9.69 Å². The van der Waals surface area contributed by atoms with E-state index in [1.165, 1.54) is 32.1 Å². The number of aromatic nitrogens is 1. The summed E-state index contributed by atoms with van der Waals surface area (Å²) in [6, 6.07) is 5.98. The van der Waals surface area contributed by atoms with E-state index in [1.807, 2.05) is 25.3 Å². The maximum Gasteiger partial charge on any atom is 0.237 e. The first-order valence-corrected chi connectivity index (χ1v) is 9.42. The van der Waals surface area contributed by atoms with Crippen molar-refractivity contribution in [1.29, 1.82) is 0 Å². The van der Waals surface area contributed by atoms with E-state index in [2.05, 4.69) is 26.2 Å². The second-order valence-corrected chi connectivity index (χ2v) is 7.14. The number of nitrogens with zero attached hydrogens (tertiary/aromatic N) is 3. The van der Waals surface area contributed by atoms with E-state index in [-0.39, 0.29) is 11.9 Å². The van der Waals surface area contributed by atoms with Gasteiger partial charge in [-0.15, -0.1) is 0 Å². The van der Waals surface area contributed by atoms with Crippen LogP contribution in [-0.2, 0) is 4.79 Å². The molecule has 1 aromatic heterocycles. The fourth-order valence-corrected chi connectivity index (χ4v) is 3.83. The highest BCUT2D eigenvalue weighted by Gasteiger charge is 2.26. The maximum absolute atomic E-state index is 12.5. The number of anilines is 1. The van der Waals surface area contributed by atoms with Crippen LogP contribution in [0.25, 0.3) is 0 Å². The molecule has 5 heteroatoms. The Bertz CT molecular complexity index is 507. The van der Waals surface area contributed by atoms with Crippen molar-refractivity contribution in [2.45, 2.75) is 45.1 Å². The molecule has 24 heavy (non-hydrogen) atoms. The topological polar surface area (TPSA) is 48.5 Å². The Kier molecular flexibility index (Phi) is 6.07. The molecule has 1 atom stereocenters. The first kappa shape index (κ1) is 17.2. The molecule has 132 valence electrons. The van der Waals surface area contributed by atoms with Gasteiger partial charge in [0.05, 0.1) is 6.04 Å². The lowest BCUT2D eigenvalue weighted by atomic mass is 9.89. The summed E-state index contributed by atoms with van der Waals surface area (Å²) in [6.07, 6.45) is 8.40. The minimum absolute atomic E-state index is 0.0422. The third-order valence-electron chi connectivity index (χ3n) is 5.50. The summed E-state index contributed by atoms with van der Waals surface area (Å²) in [4.78, 5) is 21.5. The summed E-state index contributed by atoms with van der Waals surface area (Å²) in [5.74, 6) is 1.91. The Morgan fingerprint density at radius 1 is 1.21 bits per heavy atom. The molecular weight excluding hydrogens is 300 g/mol. The monoisotopic (exact) mass is 330 g/mol. The number of carbonyl (C=O) groups excluding carboxylic acids is 1. The molecule has 3 rings (SSSR count). The Morgan fingerprint density at radius 3 is 2.62 bits per heavy atom. The molecule has 1 unspecified atom stereocenters. The van der Waals surface area contributed by atoms with Gasteiger partial charge in [-0.05, 0) is 37.8 Å². The van der Waals surface area contributed by atoms with Crippen LogP contribution in [0.5, 0.6) is 0 Å². The standard InChI is InChI=1S/C19H30N4O/c1-16(19(24)21-15-17-7-3-2-4-8-17)22-11-13-23(14-12-22)18-9-5-6-10-20-18/h5-6,9-10,16-17H,2-4,7-8,11-15H2,1H3,(H,21,24). The summed E-state index contributed by atoms with van der Waals surface area (Å²) in [6.45, 7) is 6.57. The molecule has 2 fully saturated rings. The first-order valence-electron chi connectivity index (χ1n) is 9.42. The van der Waals surface area contributed by atoms with E-state index in [0.717, 1.165) is 38.5 Å². The zero-order valence-electron chi connectivity index (χ0n) is 14.8. The zero-order chi connectivity index (χ0) is 16.8. The van der Waals surface area contributed by atoms with Gasteiger partial charge < -0.3 is 10.2 Å². The van der Waals surface area contributed by atoms with Crippen LogP contribution in [0.1, 0.15) is 39.0 Å². The molecule has 2 heterocycles. The molecule has 0 radical (unpaired) electrons. The van der Waals surface area contributed by atoms with E-state index in [4.69, 9.17) is 0 Å². The van der Waals surface area contributed by atoms with Gasteiger partial charge in [0.15, 0.2) is 0 Å². The Labute approximate surface area is 145 Å². The average molecular weight is 330 g/mol. The van der Waals surface area contributed by atoms with Gasteiger partial charge in [-0.2, -0.15) is 0 Å². The van der Waals surface area contributed by atoms with Gasteiger partial charge in [0.25, 0.3) is 0 Å². The molecule has 1 N–H and O–H groups in total. The van der Waals surface area contributed by atoms with Crippen molar-refractivity contribution in [2.75, 3.05) is 37.6 Å². The van der Waals surface area contributed by atoms with E-state index in [9.17, 15) is 4.79 Å². The lowest BCUT2D eigenvalue weighted by Gasteiger charge is -2.38. The normalized spacial score (nSPS) is 21.5. The molecule has 1 aliphatic carbocycles. The van der Waals surface area contributed by atoms with Crippen molar-refractivity contribution >= 4 is 11.7 Å². The van der Waals surface area contributed by atoms with Gasteiger partial charge in [0, 0.05) is 38.9 Å². The van der Waals surface area contributed by atoms with Crippen molar-refractivity contribution in [2.24, 2.45) is 5.92 Å². The average Bonchev–Trinajstić information content (AvgIpc) is 2.67. The van der Waals surface area contributed by atoms with Crippen molar-refractivity contribution in [1.82, 2.24) is 15.2 Å². The second kappa shape index (κ2) is 8.47. The first-order chi connectivity index (χ1) is 11.7. The Hall–Kier alpha value is -1.62. The van der Waals surface area contributed by atoms with Gasteiger partial charge in [0.2, 0.25) is 5.91 Å². The van der Waals surface area contributed by atoms with Gasteiger partial charge in [-0.1, -0.05) is 25.3 Å². The molecule has 0 bridgehead atoms. The summed E-state index contributed by atoms with van der Waals surface area (Å²) in [7, 11) is 0. The number of pyridine rings is 1. The van der Waals surface area contributed by atoms with Gasteiger partial charge >= 0.3 is 0 Å². The highest BCUT2D eigenvalue weighted by Crippen LogP contribution is 2.22. The number of rotatable bonds is 5. The predicted molar refractivity (Wildman–Crippen MR) is 97.1 cm³/mol. The quantitative estimate of drug-likeness (QED) is 0.900. The van der Waals surface area contributed by atoms with E-state index in [0.29, 0.717) is 5.92 Å². The van der Waals surface area contributed by atoms with Crippen LogP contribution in [0.15, 0.2) is 24.4 Å². The molecule has 0 spiro atoms. The lowest BCUT2D eigenvalue weighted by Crippen LogP contribution is -2.54. The molecule has 1 saturated carbocycles. The third-order valence-corrected chi connectivity index (χ3v) is 5.50. The second-order valence-electron chi connectivity index (χ2n) is 7.14. The fourth-order valence-electron chi connectivity index (χ4n) is 3.83. The van der Waals surface area contributed by atoms with E-state index in [1.54, 1.807) is 0 Å². The number of nitrogens with one attached hydrogen (secondary N) is 1. The predicted octanol–water partition coefficient (Wildman–Crippen LogP) is 2.29. The number of carbonyl (C=O) groups is 1. The Balaban J connectivity index is 1.42. The molecule has 1 aromatic rings. The van der Waals surface area contributed by atoms with E-state index >= 15 is 0 Å². The minimum Gasteiger partial charge on any atom is -0.354 e. The summed E-state index contributed by atoms with van der Waals surface area (Å²) in [5, 5.41) is 3.19. The van der Waals surface area contributed by atoms with Crippen LogP contribution in [0, 0.1) is 5.92 Å². The van der Waals surface area contributed by atoms with Crippen LogP contribution in [-0.4, -0.2) is 54.6 Å². The zero-order valence-corrected chi connectivity index (χ0v) is 14.8. The molecule has 1 saturated heterocycles. The van der Waals surface area contributed by atoms with Crippen LogP contribution in [0.4, 0.5) is 5.82 Å². The van der Waals surface area contributed by atoms with E-state index < -0.39 is 0 Å². The van der Waals surface area contributed by atoms with Crippen LogP contribution < -0.4 is 10.2 Å². The number of piperazine rings is 1. The lowest BCUT2D eigenvalue weighted by molar-refractivity contribution is -0.126. The van der Waals surface area contributed by atoms with Crippen molar-refractivity contribution in [3.63, 3.8) is 0 Å². The minimum atomic E-state index is -0.0422. The number of amides is 1.